The van der Waals surface area contributed by atoms with Crippen molar-refractivity contribution in [2.75, 3.05) is 19.6 Å². The van der Waals surface area contributed by atoms with E-state index >= 15 is 0 Å². The molecule has 2 atom stereocenters. The Balaban J connectivity index is 1.83. The van der Waals surface area contributed by atoms with Gasteiger partial charge in [-0.1, -0.05) is 32.6 Å². The molecule has 2 aliphatic heterocycles. The number of ether oxygens (including phenoxy) is 1. The molecule has 2 amide bonds. The monoisotopic (exact) mass is 424 g/mol. The first kappa shape index (κ1) is 21.0. The second-order valence-corrected chi connectivity index (χ2v) is 8.44. The van der Waals surface area contributed by atoms with E-state index in [1.165, 1.54) is 16.5 Å². The smallest absolute Gasteiger partial charge is 0.407 e. The molecule has 0 saturated carbocycles. The van der Waals surface area contributed by atoms with Crippen LogP contribution in [0.2, 0.25) is 0 Å². The van der Waals surface area contributed by atoms with Crippen molar-refractivity contribution < 1.29 is 19.4 Å². The van der Waals surface area contributed by atoms with Gasteiger partial charge in [0.05, 0.1) is 29.5 Å². The molecular formula is C23H28N4O4. The zero-order chi connectivity index (χ0) is 22.3. The van der Waals surface area contributed by atoms with Crippen LogP contribution in [0.1, 0.15) is 49.6 Å². The summed E-state index contributed by atoms with van der Waals surface area (Å²) < 4.78 is 7.98. The van der Waals surface area contributed by atoms with Crippen LogP contribution in [0.3, 0.4) is 0 Å². The number of carbonyl (C=O) groups excluding carboxylic acids is 1. The molecule has 1 N–H and O–H groups in total. The Labute approximate surface area is 181 Å². The Morgan fingerprint density at radius 3 is 2.58 bits per heavy atom. The fourth-order valence-corrected chi connectivity index (χ4v) is 4.41. The number of carboxylic acid groups (broad SMARTS) is 1. The predicted octanol–water partition coefficient (Wildman–Crippen LogP) is 3.37. The molecule has 1 aromatic carbocycles. The minimum absolute atomic E-state index is 0.239. The van der Waals surface area contributed by atoms with Gasteiger partial charge in [0.15, 0.2) is 0 Å². The number of benzene rings is 1. The second kappa shape index (κ2) is 8.09. The summed E-state index contributed by atoms with van der Waals surface area (Å²) in [6.07, 6.45) is 0.463. The first-order valence-electron chi connectivity index (χ1n) is 10.6. The predicted molar refractivity (Wildman–Crippen MR) is 116 cm³/mol. The number of aromatic nitrogens is 2. The molecule has 0 saturated heterocycles. The van der Waals surface area contributed by atoms with Crippen molar-refractivity contribution in [1.82, 2.24) is 19.6 Å². The summed E-state index contributed by atoms with van der Waals surface area (Å²) in [6.45, 7) is 10.7. The normalized spacial score (nSPS) is 20.5. The lowest BCUT2D eigenvalue weighted by molar-refractivity contribution is -0.128. The molecule has 0 bridgehead atoms. The Hall–Kier alpha value is -3.29. The molecule has 8 heteroatoms. The van der Waals surface area contributed by atoms with Crippen molar-refractivity contribution in [2.24, 2.45) is 0 Å². The molecule has 8 nitrogen and oxygen atoms in total. The van der Waals surface area contributed by atoms with Gasteiger partial charge in [-0.15, -0.1) is 5.10 Å². The number of nitrogens with zero attached hydrogens (tertiary/aromatic N) is 4. The van der Waals surface area contributed by atoms with E-state index in [2.05, 4.69) is 32.6 Å². The summed E-state index contributed by atoms with van der Waals surface area (Å²) in [5.74, 6) is 0.626. The van der Waals surface area contributed by atoms with Gasteiger partial charge < -0.3 is 14.7 Å². The quantitative estimate of drug-likeness (QED) is 0.764. The maximum atomic E-state index is 12.4. The van der Waals surface area contributed by atoms with Crippen molar-refractivity contribution in [1.29, 1.82) is 0 Å². The Bertz CT molecular complexity index is 1010. The Morgan fingerprint density at radius 1 is 1.26 bits per heavy atom. The van der Waals surface area contributed by atoms with E-state index in [-0.39, 0.29) is 18.6 Å². The van der Waals surface area contributed by atoms with Gasteiger partial charge in [-0.05, 0) is 36.6 Å². The van der Waals surface area contributed by atoms with Crippen LogP contribution in [0, 0.1) is 0 Å². The lowest BCUT2D eigenvalue weighted by Crippen LogP contribution is -2.49. The minimum atomic E-state index is -1.02. The van der Waals surface area contributed by atoms with Gasteiger partial charge in [-0.2, -0.15) is 0 Å². The minimum Gasteiger partial charge on any atom is -0.471 e. The van der Waals surface area contributed by atoms with Crippen LogP contribution in [0.25, 0.3) is 5.69 Å². The highest BCUT2D eigenvalue weighted by Crippen LogP contribution is 2.40. The van der Waals surface area contributed by atoms with Gasteiger partial charge in [0, 0.05) is 19.5 Å². The van der Waals surface area contributed by atoms with E-state index in [9.17, 15) is 14.7 Å². The van der Waals surface area contributed by atoms with Gasteiger partial charge in [-0.25, -0.2) is 9.48 Å². The van der Waals surface area contributed by atoms with Crippen molar-refractivity contribution in [3.05, 3.63) is 53.7 Å². The van der Waals surface area contributed by atoms with Crippen LogP contribution in [-0.4, -0.2) is 62.4 Å². The van der Waals surface area contributed by atoms with Crippen molar-refractivity contribution >= 4 is 12.0 Å². The van der Waals surface area contributed by atoms with Gasteiger partial charge in [0.1, 0.15) is 6.10 Å². The SMILES string of the molecule is C=CC(=O)N1CC(C)Oc2nn(-c3ccc(C(C)C)cc3)c3c2C(C1)N(C(=O)O)CC3. The highest BCUT2D eigenvalue weighted by atomic mass is 16.5. The topological polar surface area (TPSA) is 87.9 Å². The van der Waals surface area contributed by atoms with E-state index in [0.29, 0.717) is 31.3 Å². The summed E-state index contributed by atoms with van der Waals surface area (Å²) in [4.78, 5) is 27.4. The average Bonchev–Trinajstić information content (AvgIpc) is 3.09. The summed E-state index contributed by atoms with van der Waals surface area (Å²) >= 11 is 0. The molecule has 3 heterocycles. The standard InChI is InChI=1S/C23H28N4O4/c1-5-20(28)25-12-15(4)31-22-21-18(10-11-26(23(29)30)19(21)13-25)27(24-22)17-8-6-16(7-9-17)14(2)3/h5-9,14-15,19H,1,10-13H2,2-4H3,(H,29,30). The highest BCUT2D eigenvalue weighted by Gasteiger charge is 2.40. The van der Waals surface area contributed by atoms with Crippen LogP contribution in [0.5, 0.6) is 5.88 Å². The van der Waals surface area contributed by atoms with Crippen LogP contribution in [-0.2, 0) is 11.2 Å². The summed E-state index contributed by atoms with van der Waals surface area (Å²) in [5.41, 5.74) is 3.81. The molecule has 2 aliphatic rings. The molecule has 0 fully saturated rings. The van der Waals surface area contributed by atoms with Crippen LogP contribution < -0.4 is 4.74 Å². The van der Waals surface area contributed by atoms with Gasteiger partial charge in [0.25, 0.3) is 0 Å². The van der Waals surface area contributed by atoms with Crippen LogP contribution in [0.4, 0.5) is 4.79 Å². The van der Waals surface area contributed by atoms with E-state index < -0.39 is 12.1 Å². The lowest BCUT2D eigenvalue weighted by Gasteiger charge is -2.39. The second-order valence-electron chi connectivity index (χ2n) is 8.44. The fraction of sp³-hybridized carbons (Fsp3) is 0.435. The summed E-state index contributed by atoms with van der Waals surface area (Å²) in [5, 5.41) is 14.6. The Morgan fingerprint density at radius 2 is 1.97 bits per heavy atom. The molecule has 1 aromatic heterocycles. The molecular weight excluding hydrogens is 396 g/mol. The van der Waals surface area contributed by atoms with Gasteiger partial charge in [-0.3, -0.25) is 9.69 Å². The number of amides is 2. The maximum Gasteiger partial charge on any atom is 0.407 e. The molecule has 164 valence electrons. The zero-order valence-electron chi connectivity index (χ0n) is 18.1. The molecule has 2 unspecified atom stereocenters. The third kappa shape index (κ3) is 3.78. The number of rotatable bonds is 3. The first-order chi connectivity index (χ1) is 14.8. The maximum absolute atomic E-state index is 12.4. The van der Waals surface area contributed by atoms with Crippen molar-refractivity contribution in [2.45, 2.75) is 45.3 Å². The Kier molecular flexibility index (Phi) is 5.47. The summed E-state index contributed by atoms with van der Waals surface area (Å²) in [6, 6.07) is 7.69. The van der Waals surface area contributed by atoms with Gasteiger partial charge in [0.2, 0.25) is 11.8 Å². The lowest BCUT2D eigenvalue weighted by atomic mass is 9.97. The largest absolute Gasteiger partial charge is 0.471 e. The molecule has 4 rings (SSSR count). The summed E-state index contributed by atoms with van der Waals surface area (Å²) in [7, 11) is 0. The molecule has 0 radical (unpaired) electrons. The van der Waals surface area contributed by atoms with Crippen LogP contribution >= 0.6 is 0 Å². The molecule has 0 aliphatic carbocycles. The van der Waals surface area contributed by atoms with Crippen molar-refractivity contribution in [3.63, 3.8) is 0 Å². The molecule has 31 heavy (non-hydrogen) atoms. The van der Waals surface area contributed by atoms with Crippen LogP contribution in [0.15, 0.2) is 36.9 Å². The molecule has 0 spiro atoms. The first-order valence-corrected chi connectivity index (χ1v) is 10.6. The highest BCUT2D eigenvalue weighted by molar-refractivity contribution is 5.87. The average molecular weight is 425 g/mol. The third-order valence-corrected chi connectivity index (χ3v) is 6.01. The molecule has 2 aromatic rings. The van der Waals surface area contributed by atoms with Gasteiger partial charge >= 0.3 is 6.09 Å². The van der Waals surface area contributed by atoms with E-state index in [4.69, 9.17) is 9.84 Å². The fourth-order valence-electron chi connectivity index (χ4n) is 4.41. The number of hydrogen-bond acceptors (Lipinski definition) is 4. The van der Waals surface area contributed by atoms with E-state index in [1.54, 1.807) is 4.90 Å². The van der Waals surface area contributed by atoms with E-state index in [0.717, 1.165) is 16.9 Å². The number of hydrogen-bond donors (Lipinski definition) is 1. The zero-order valence-corrected chi connectivity index (χ0v) is 18.1. The number of carbonyl (C=O) groups is 2. The van der Waals surface area contributed by atoms with Crippen molar-refractivity contribution in [3.8, 4) is 11.6 Å². The third-order valence-electron chi connectivity index (χ3n) is 6.01. The van der Waals surface area contributed by atoms with E-state index in [1.807, 2.05) is 23.7 Å².